The van der Waals surface area contributed by atoms with Crippen molar-refractivity contribution in [3.05, 3.63) is 10.6 Å². The Balaban J connectivity index is 2.46. The first-order valence-electron chi connectivity index (χ1n) is 4.15. The number of alkyl halides is 2. The van der Waals surface area contributed by atoms with Crippen molar-refractivity contribution in [1.82, 2.24) is 4.98 Å². The molecule has 80 valence electrons. The third-order valence-corrected chi connectivity index (χ3v) is 2.81. The van der Waals surface area contributed by atoms with E-state index in [0.717, 1.165) is 10.6 Å². The van der Waals surface area contributed by atoms with Crippen molar-refractivity contribution in [2.45, 2.75) is 26.4 Å². The largest absolute Gasteiger partial charge is 0.385 e. The molecule has 0 amide bonds. The summed E-state index contributed by atoms with van der Waals surface area (Å²) in [4.78, 5) is 5.13. The number of aromatic nitrogens is 1. The lowest BCUT2D eigenvalue weighted by Crippen LogP contribution is -2.26. The molecule has 1 aromatic rings. The lowest BCUT2D eigenvalue weighted by Gasteiger charge is -2.08. The van der Waals surface area contributed by atoms with Crippen molar-refractivity contribution in [1.29, 1.82) is 0 Å². The molecule has 0 aliphatic heterocycles. The number of aliphatic hydroxyl groups excluding tert-OH is 1. The fourth-order valence-electron chi connectivity index (χ4n) is 0.829. The molecule has 0 aliphatic carbocycles. The van der Waals surface area contributed by atoms with Crippen LogP contribution in [0.25, 0.3) is 0 Å². The maximum atomic E-state index is 11.9. The van der Waals surface area contributed by atoms with Gasteiger partial charge in [0.05, 0.1) is 5.69 Å². The Hall–Kier alpha value is -0.750. The standard InChI is InChI=1S/C8H12F2N2OS/c1-4-5(2)14-8(12-4)11-3-6(13)7(9)10/h6-7,13H,3H2,1-2H3,(H,11,12). The molecule has 14 heavy (non-hydrogen) atoms. The third kappa shape index (κ3) is 2.88. The molecule has 0 fully saturated rings. The number of thiazole rings is 1. The molecular weight excluding hydrogens is 210 g/mol. The normalized spacial score (nSPS) is 13.3. The van der Waals surface area contributed by atoms with Gasteiger partial charge in [-0.05, 0) is 13.8 Å². The topological polar surface area (TPSA) is 45.2 Å². The van der Waals surface area contributed by atoms with E-state index < -0.39 is 12.5 Å². The molecule has 1 atom stereocenters. The maximum absolute atomic E-state index is 11.9. The smallest absolute Gasteiger partial charge is 0.265 e. The summed E-state index contributed by atoms with van der Waals surface area (Å²) in [7, 11) is 0. The van der Waals surface area contributed by atoms with Crippen molar-refractivity contribution >= 4 is 16.5 Å². The van der Waals surface area contributed by atoms with Crippen molar-refractivity contribution in [2.75, 3.05) is 11.9 Å². The van der Waals surface area contributed by atoms with Gasteiger partial charge in [-0.3, -0.25) is 0 Å². The minimum Gasteiger partial charge on any atom is -0.385 e. The summed E-state index contributed by atoms with van der Waals surface area (Å²) in [5.41, 5.74) is 0.879. The van der Waals surface area contributed by atoms with Gasteiger partial charge in [-0.1, -0.05) is 0 Å². The molecule has 1 heterocycles. The van der Waals surface area contributed by atoms with Gasteiger partial charge < -0.3 is 10.4 Å². The van der Waals surface area contributed by atoms with Crippen LogP contribution in [0.5, 0.6) is 0 Å². The average Bonchev–Trinajstić information content (AvgIpc) is 2.42. The van der Waals surface area contributed by atoms with E-state index in [0.29, 0.717) is 5.13 Å². The molecule has 6 heteroatoms. The van der Waals surface area contributed by atoms with Crippen LogP contribution >= 0.6 is 11.3 Å². The molecule has 0 spiro atoms. The first-order chi connectivity index (χ1) is 6.50. The zero-order valence-corrected chi connectivity index (χ0v) is 8.74. The van der Waals surface area contributed by atoms with Crippen LogP contribution in [0.2, 0.25) is 0 Å². The Bertz CT molecular complexity index is 284. The molecule has 1 aromatic heterocycles. The van der Waals surface area contributed by atoms with E-state index in [1.54, 1.807) is 0 Å². The number of anilines is 1. The maximum Gasteiger partial charge on any atom is 0.265 e. The molecule has 0 aromatic carbocycles. The summed E-state index contributed by atoms with van der Waals surface area (Å²) in [6.45, 7) is 3.58. The van der Waals surface area contributed by atoms with Crippen LogP contribution in [0.4, 0.5) is 13.9 Å². The van der Waals surface area contributed by atoms with Crippen molar-refractivity contribution < 1.29 is 13.9 Å². The fraction of sp³-hybridized carbons (Fsp3) is 0.625. The second kappa shape index (κ2) is 4.65. The van der Waals surface area contributed by atoms with Gasteiger partial charge in [-0.2, -0.15) is 0 Å². The first-order valence-corrected chi connectivity index (χ1v) is 4.96. The highest BCUT2D eigenvalue weighted by molar-refractivity contribution is 7.15. The SMILES string of the molecule is Cc1nc(NCC(O)C(F)F)sc1C. The van der Waals surface area contributed by atoms with Gasteiger partial charge in [0, 0.05) is 11.4 Å². The highest BCUT2D eigenvalue weighted by atomic mass is 32.1. The molecule has 2 N–H and O–H groups in total. The summed E-state index contributed by atoms with van der Waals surface area (Å²) < 4.78 is 23.8. The predicted molar refractivity (Wildman–Crippen MR) is 52.1 cm³/mol. The number of hydrogen-bond acceptors (Lipinski definition) is 4. The molecule has 0 bridgehead atoms. The van der Waals surface area contributed by atoms with Gasteiger partial charge in [0.1, 0.15) is 6.10 Å². The average molecular weight is 222 g/mol. The molecule has 1 rings (SSSR count). The summed E-state index contributed by atoms with van der Waals surface area (Å²) in [6, 6.07) is 0. The van der Waals surface area contributed by atoms with Crippen molar-refractivity contribution in [2.24, 2.45) is 0 Å². The number of halogens is 2. The van der Waals surface area contributed by atoms with E-state index >= 15 is 0 Å². The second-order valence-corrected chi connectivity index (χ2v) is 4.15. The third-order valence-electron chi connectivity index (χ3n) is 1.78. The Morgan fingerprint density at radius 3 is 2.57 bits per heavy atom. The van der Waals surface area contributed by atoms with E-state index in [4.69, 9.17) is 5.11 Å². The summed E-state index contributed by atoms with van der Waals surface area (Å²) in [5.74, 6) is 0. The van der Waals surface area contributed by atoms with Gasteiger partial charge in [0.15, 0.2) is 5.13 Å². The Labute approximate surface area is 84.8 Å². The highest BCUT2D eigenvalue weighted by Crippen LogP contribution is 2.21. The van der Waals surface area contributed by atoms with Crippen LogP contribution in [0, 0.1) is 13.8 Å². The van der Waals surface area contributed by atoms with Crippen LogP contribution in [0.15, 0.2) is 0 Å². The number of hydrogen-bond donors (Lipinski definition) is 2. The molecular formula is C8H12F2N2OS. The lowest BCUT2D eigenvalue weighted by atomic mass is 10.4. The van der Waals surface area contributed by atoms with E-state index in [1.807, 2.05) is 13.8 Å². The molecule has 0 radical (unpaired) electrons. The zero-order chi connectivity index (χ0) is 10.7. The number of aryl methyl sites for hydroxylation is 2. The monoisotopic (exact) mass is 222 g/mol. The fourth-order valence-corrected chi connectivity index (χ4v) is 1.65. The number of nitrogens with one attached hydrogen (secondary N) is 1. The van der Waals surface area contributed by atoms with Crippen molar-refractivity contribution in [3.8, 4) is 0 Å². The summed E-state index contributed by atoms with van der Waals surface area (Å²) in [6.07, 6.45) is -4.36. The minimum atomic E-state index is -2.72. The van der Waals surface area contributed by atoms with Gasteiger partial charge >= 0.3 is 0 Å². The van der Waals surface area contributed by atoms with E-state index in [2.05, 4.69) is 10.3 Å². The van der Waals surface area contributed by atoms with E-state index in [9.17, 15) is 8.78 Å². The Morgan fingerprint density at radius 1 is 1.50 bits per heavy atom. The first kappa shape index (κ1) is 11.3. The van der Waals surface area contributed by atoms with Gasteiger partial charge in [0.25, 0.3) is 6.43 Å². The van der Waals surface area contributed by atoms with Crippen LogP contribution < -0.4 is 5.32 Å². The van der Waals surface area contributed by atoms with Crippen LogP contribution in [0.3, 0.4) is 0 Å². The van der Waals surface area contributed by atoms with Gasteiger partial charge in [-0.25, -0.2) is 13.8 Å². The van der Waals surface area contributed by atoms with Crippen LogP contribution in [-0.4, -0.2) is 29.2 Å². The van der Waals surface area contributed by atoms with Crippen LogP contribution in [-0.2, 0) is 0 Å². The quantitative estimate of drug-likeness (QED) is 0.816. The van der Waals surface area contributed by atoms with E-state index in [-0.39, 0.29) is 6.54 Å². The highest BCUT2D eigenvalue weighted by Gasteiger charge is 2.16. The lowest BCUT2D eigenvalue weighted by molar-refractivity contribution is 0.00384. The summed E-state index contributed by atoms with van der Waals surface area (Å²) in [5, 5.41) is 12.1. The minimum absolute atomic E-state index is 0.177. The zero-order valence-electron chi connectivity index (χ0n) is 7.92. The van der Waals surface area contributed by atoms with Gasteiger partial charge in [-0.15, -0.1) is 11.3 Å². The molecule has 1 unspecified atom stereocenters. The number of rotatable bonds is 4. The Morgan fingerprint density at radius 2 is 2.14 bits per heavy atom. The molecule has 3 nitrogen and oxygen atoms in total. The molecule has 0 saturated carbocycles. The molecule has 0 saturated heterocycles. The second-order valence-electron chi connectivity index (χ2n) is 2.94. The number of aliphatic hydroxyl groups is 1. The molecule has 0 aliphatic rings. The Kier molecular flexibility index (Phi) is 3.77. The van der Waals surface area contributed by atoms with Crippen molar-refractivity contribution in [3.63, 3.8) is 0 Å². The predicted octanol–water partition coefficient (Wildman–Crippen LogP) is 1.80. The van der Waals surface area contributed by atoms with E-state index in [1.165, 1.54) is 11.3 Å². The van der Waals surface area contributed by atoms with Gasteiger partial charge in [0.2, 0.25) is 0 Å². The van der Waals surface area contributed by atoms with Crippen LogP contribution in [0.1, 0.15) is 10.6 Å². The summed E-state index contributed by atoms with van der Waals surface area (Å²) >= 11 is 1.39. The number of nitrogens with zero attached hydrogens (tertiary/aromatic N) is 1.